The normalized spacial score (nSPS) is 16.2. The van der Waals surface area contributed by atoms with E-state index in [1.807, 2.05) is 30.3 Å². The van der Waals surface area contributed by atoms with Gasteiger partial charge in [0.05, 0.1) is 52.6 Å². The van der Waals surface area contributed by atoms with Crippen molar-refractivity contribution in [2.75, 3.05) is 11.1 Å². The molecule has 1 aromatic carbocycles. The zero-order chi connectivity index (χ0) is 23.9. The summed E-state index contributed by atoms with van der Waals surface area (Å²) in [6, 6.07) is 9.56. The molecule has 176 valence electrons. The van der Waals surface area contributed by atoms with Gasteiger partial charge in [-0.25, -0.2) is 9.97 Å². The Morgan fingerprint density at radius 3 is 2.97 bits per heavy atom. The van der Waals surface area contributed by atoms with Gasteiger partial charge in [0.1, 0.15) is 5.82 Å². The molecule has 6 rings (SSSR count). The third-order valence-electron chi connectivity index (χ3n) is 6.58. The largest absolute Gasteiger partial charge is 0.383 e. The molecule has 4 aromatic rings. The van der Waals surface area contributed by atoms with Gasteiger partial charge in [0.25, 0.3) is 0 Å². The molecule has 0 saturated heterocycles. The van der Waals surface area contributed by atoms with E-state index < -0.39 is 11.8 Å². The number of carbonyl (C=O) groups excluding carboxylic acids is 2. The molecule has 0 spiro atoms. The van der Waals surface area contributed by atoms with E-state index in [0.717, 1.165) is 44.6 Å². The van der Waals surface area contributed by atoms with Crippen molar-refractivity contribution in [1.29, 1.82) is 0 Å². The number of hydrogen-bond acceptors (Lipinski definition) is 8. The van der Waals surface area contributed by atoms with Crippen LogP contribution in [0.3, 0.4) is 0 Å². The minimum absolute atomic E-state index is 0.265. The molecule has 2 aliphatic rings. The Balaban J connectivity index is 1.32. The number of rotatable bonds is 4. The number of ether oxygens (including phenoxy) is 1. The van der Waals surface area contributed by atoms with Gasteiger partial charge in [-0.3, -0.25) is 14.6 Å². The number of anilines is 2. The minimum atomic E-state index is -0.732. The Bertz CT molecular complexity index is 1470. The number of pyridine rings is 2. The van der Waals surface area contributed by atoms with Gasteiger partial charge in [0.2, 0.25) is 0 Å². The summed E-state index contributed by atoms with van der Waals surface area (Å²) in [5, 5.41) is 2.75. The number of benzene rings is 1. The number of thiazole rings is 1. The number of nitrogens with zero attached hydrogens (tertiary/aromatic N) is 4. The molecule has 1 atom stereocenters. The van der Waals surface area contributed by atoms with Gasteiger partial charge in [-0.15, -0.1) is 11.3 Å². The van der Waals surface area contributed by atoms with Crippen LogP contribution < -0.4 is 11.1 Å². The molecule has 10 heteroatoms. The summed E-state index contributed by atoms with van der Waals surface area (Å²) in [4.78, 5) is 41.6. The van der Waals surface area contributed by atoms with Crippen LogP contribution in [0.4, 0.5) is 11.5 Å². The lowest BCUT2D eigenvalue weighted by Crippen LogP contribution is -2.41. The van der Waals surface area contributed by atoms with Crippen LogP contribution in [-0.4, -0.2) is 31.7 Å². The summed E-state index contributed by atoms with van der Waals surface area (Å²) in [5.41, 5.74) is 13.4. The van der Waals surface area contributed by atoms with Gasteiger partial charge >= 0.3 is 11.8 Å². The molecule has 35 heavy (non-hydrogen) atoms. The molecule has 3 N–H and O–H groups in total. The number of hydrogen-bond donors (Lipinski definition) is 2. The van der Waals surface area contributed by atoms with Crippen molar-refractivity contribution in [3.05, 3.63) is 76.2 Å². The number of nitrogens with two attached hydrogens (primary N) is 1. The summed E-state index contributed by atoms with van der Waals surface area (Å²) in [6.45, 7) is 0.909. The third kappa shape index (κ3) is 3.90. The maximum Gasteiger partial charge on any atom is 0.313 e. The second-order valence-corrected chi connectivity index (χ2v) is 9.54. The van der Waals surface area contributed by atoms with Gasteiger partial charge < -0.3 is 20.7 Å². The Kier molecular flexibility index (Phi) is 5.39. The fourth-order valence-corrected chi connectivity index (χ4v) is 5.48. The van der Waals surface area contributed by atoms with Gasteiger partial charge in [0, 0.05) is 23.9 Å². The van der Waals surface area contributed by atoms with Crippen LogP contribution in [0.15, 0.2) is 48.2 Å². The topological polar surface area (TPSA) is 123 Å². The fourth-order valence-electron chi connectivity index (χ4n) is 4.82. The van der Waals surface area contributed by atoms with Crippen molar-refractivity contribution < 1.29 is 14.3 Å². The first kappa shape index (κ1) is 21.6. The van der Waals surface area contributed by atoms with E-state index in [9.17, 15) is 9.59 Å². The number of fused-ring (bicyclic) bond motifs is 3. The lowest BCUT2D eigenvalue weighted by Gasteiger charge is -2.29. The molecule has 1 aliphatic heterocycles. The molecule has 4 heterocycles. The molecular weight excluding hydrogens is 464 g/mol. The molecular formula is C25H22N6O3S. The number of amides is 2. The summed E-state index contributed by atoms with van der Waals surface area (Å²) >= 11 is 1.56. The SMILES string of the molecule is Nc1ncc(NC(=O)C(=O)N(Cc2ccc3scnc3c2)C2CCc3cccnc32)c2c1COC2. The van der Waals surface area contributed by atoms with Crippen molar-refractivity contribution >= 4 is 44.9 Å². The van der Waals surface area contributed by atoms with Crippen LogP contribution in [0.5, 0.6) is 0 Å². The Morgan fingerprint density at radius 1 is 1.17 bits per heavy atom. The number of nitrogens with one attached hydrogen (secondary N) is 1. The molecule has 0 bridgehead atoms. The first-order valence-corrected chi connectivity index (χ1v) is 12.2. The van der Waals surface area contributed by atoms with E-state index in [0.29, 0.717) is 31.1 Å². The van der Waals surface area contributed by atoms with Gasteiger partial charge in [-0.1, -0.05) is 12.1 Å². The van der Waals surface area contributed by atoms with Crippen LogP contribution in [-0.2, 0) is 40.5 Å². The highest BCUT2D eigenvalue weighted by Gasteiger charge is 2.35. The first-order valence-electron chi connectivity index (χ1n) is 11.3. The lowest BCUT2D eigenvalue weighted by atomic mass is 10.1. The second-order valence-electron chi connectivity index (χ2n) is 8.65. The van der Waals surface area contributed by atoms with Crippen LogP contribution in [0.25, 0.3) is 10.2 Å². The van der Waals surface area contributed by atoms with Crippen molar-refractivity contribution in [2.45, 2.75) is 38.6 Å². The number of nitrogen functional groups attached to an aromatic ring is 1. The van der Waals surface area contributed by atoms with E-state index in [1.54, 1.807) is 27.9 Å². The summed E-state index contributed by atoms with van der Waals surface area (Å²) in [5.74, 6) is -0.990. The predicted molar refractivity (Wildman–Crippen MR) is 131 cm³/mol. The standard InChI is InChI=1S/C25H22N6O3S/c26-23-17-12-34-11-16(17)19(9-28-23)30-24(32)25(33)31(20-5-4-15-2-1-7-27-22(15)20)10-14-3-6-21-18(8-14)29-13-35-21/h1-3,6-9,13,20H,4-5,10-12H2,(H2,26,28)(H,30,32). The van der Waals surface area contributed by atoms with Gasteiger partial charge in [-0.2, -0.15) is 0 Å². The average Bonchev–Trinajstić information content (AvgIpc) is 3.63. The third-order valence-corrected chi connectivity index (χ3v) is 7.39. The number of aryl methyl sites for hydroxylation is 1. The molecule has 9 nitrogen and oxygen atoms in total. The Hall–Kier alpha value is -3.89. The first-order chi connectivity index (χ1) is 17.1. The lowest BCUT2D eigenvalue weighted by molar-refractivity contribution is -0.145. The smallest absolute Gasteiger partial charge is 0.313 e. The minimum Gasteiger partial charge on any atom is -0.383 e. The molecule has 2 amide bonds. The quantitative estimate of drug-likeness (QED) is 0.424. The maximum atomic E-state index is 13.6. The molecule has 3 aromatic heterocycles. The van der Waals surface area contributed by atoms with Crippen LogP contribution in [0.2, 0.25) is 0 Å². The monoisotopic (exact) mass is 486 g/mol. The summed E-state index contributed by atoms with van der Waals surface area (Å²) < 4.78 is 6.55. The van der Waals surface area contributed by atoms with E-state index in [2.05, 4.69) is 20.3 Å². The molecule has 0 radical (unpaired) electrons. The molecule has 0 fully saturated rings. The average molecular weight is 487 g/mol. The Labute approximate surface area is 205 Å². The highest BCUT2D eigenvalue weighted by atomic mass is 32.1. The summed E-state index contributed by atoms with van der Waals surface area (Å²) in [6.07, 6.45) is 4.71. The molecule has 1 aliphatic carbocycles. The number of carbonyl (C=O) groups is 2. The molecule has 1 unspecified atom stereocenters. The highest BCUT2D eigenvalue weighted by molar-refractivity contribution is 7.16. The van der Waals surface area contributed by atoms with Crippen molar-refractivity contribution in [2.24, 2.45) is 0 Å². The molecule has 0 saturated carbocycles. The van der Waals surface area contributed by atoms with Crippen LogP contribution in [0.1, 0.15) is 40.4 Å². The van der Waals surface area contributed by atoms with Crippen molar-refractivity contribution in [3.63, 3.8) is 0 Å². The zero-order valence-corrected chi connectivity index (χ0v) is 19.5. The Morgan fingerprint density at radius 2 is 2.06 bits per heavy atom. The van der Waals surface area contributed by atoms with Crippen LogP contribution in [0, 0.1) is 0 Å². The van der Waals surface area contributed by atoms with E-state index in [-0.39, 0.29) is 12.6 Å². The van der Waals surface area contributed by atoms with E-state index in [1.165, 1.54) is 6.20 Å². The fraction of sp³-hybridized carbons (Fsp3) is 0.240. The summed E-state index contributed by atoms with van der Waals surface area (Å²) in [7, 11) is 0. The van der Waals surface area contributed by atoms with E-state index >= 15 is 0 Å². The predicted octanol–water partition coefficient (Wildman–Crippen LogP) is 3.35. The van der Waals surface area contributed by atoms with Crippen LogP contribution >= 0.6 is 11.3 Å². The maximum absolute atomic E-state index is 13.6. The highest BCUT2D eigenvalue weighted by Crippen LogP contribution is 2.36. The number of aromatic nitrogens is 3. The van der Waals surface area contributed by atoms with Gasteiger partial charge in [0.15, 0.2) is 0 Å². The second kappa shape index (κ2) is 8.71. The van der Waals surface area contributed by atoms with Crippen molar-refractivity contribution in [1.82, 2.24) is 19.9 Å². The van der Waals surface area contributed by atoms with E-state index in [4.69, 9.17) is 10.5 Å². The zero-order valence-electron chi connectivity index (χ0n) is 18.7. The van der Waals surface area contributed by atoms with Gasteiger partial charge in [-0.05, 0) is 42.2 Å². The van der Waals surface area contributed by atoms with Crippen molar-refractivity contribution in [3.8, 4) is 0 Å².